The lowest BCUT2D eigenvalue weighted by molar-refractivity contribution is -0.134. The fourth-order valence-corrected chi connectivity index (χ4v) is 5.57. The Morgan fingerprint density at radius 2 is 2.00 bits per heavy atom. The van der Waals surface area contributed by atoms with E-state index in [1.54, 1.807) is 30.2 Å². The number of hydrogen-bond acceptors (Lipinski definition) is 6. The third-order valence-electron chi connectivity index (χ3n) is 5.95. The number of fused-ring (bicyclic) bond motifs is 1. The van der Waals surface area contributed by atoms with Crippen LogP contribution >= 0.6 is 0 Å². The number of ether oxygens (including phenoxy) is 1. The molecule has 9 nitrogen and oxygen atoms in total. The molecule has 2 aromatic rings. The maximum Gasteiger partial charge on any atom is 0.262 e. The molecule has 0 unspecified atom stereocenters. The van der Waals surface area contributed by atoms with Crippen molar-refractivity contribution >= 4 is 27.5 Å². The molecule has 172 valence electrons. The lowest BCUT2D eigenvalue weighted by atomic mass is 10.2. The first-order valence-corrected chi connectivity index (χ1v) is 12.0. The monoisotopic (exact) mass is 461 g/mol. The molecular weight excluding hydrogens is 434 g/mol. The van der Waals surface area contributed by atoms with Crippen LogP contribution in [0.15, 0.2) is 39.8 Å². The molecule has 1 N–H and O–H groups in total. The highest BCUT2D eigenvalue weighted by Crippen LogP contribution is 2.34. The first-order valence-electron chi connectivity index (χ1n) is 10.6. The molecular formula is C22H27N3O6S. The van der Waals surface area contributed by atoms with Crippen LogP contribution < -0.4 is 10.1 Å². The van der Waals surface area contributed by atoms with Gasteiger partial charge in [0.05, 0.1) is 29.9 Å². The summed E-state index contributed by atoms with van der Waals surface area (Å²) in [6.45, 7) is 1.50. The largest absolute Gasteiger partial charge is 0.482 e. The smallest absolute Gasteiger partial charge is 0.262 e. The van der Waals surface area contributed by atoms with Crippen LogP contribution in [0.3, 0.4) is 0 Å². The predicted molar refractivity (Wildman–Crippen MR) is 117 cm³/mol. The number of carbonyl (C=O) groups is 2. The number of aryl methyl sites for hydroxylation is 1. The lowest BCUT2D eigenvalue weighted by Gasteiger charge is -2.30. The van der Waals surface area contributed by atoms with E-state index in [9.17, 15) is 18.0 Å². The quantitative estimate of drug-likeness (QED) is 0.679. The zero-order chi connectivity index (χ0) is 22.9. The van der Waals surface area contributed by atoms with Gasteiger partial charge < -0.3 is 19.4 Å². The Morgan fingerprint density at radius 3 is 2.69 bits per heavy atom. The van der Waals surface area contributed by atoms with Crippen molar-refractivity contribution in [2.75, 3.05) is 25.5 Å². The van der Waals surface area contributed by atoms with Gasteiger partial charge in [0.2, 0.25) is 15.9 Å². The van der Waals surface area contributed by atoms with E-state index in [-0.39, 0.29) is 35.9 Å². The van der Waals surface area contributed by atoms with Crippen molar-refractivity contribution in [3.05, 3.63) is 41.9 Å². The minimum absolute atomic E-state index is 0.0427. The summed E-state index contributed by atoms with van der Waals surface area (Å²) >= 11 is 0. The summed E-state index contributed by atoms with van der Waals surface area (Å²) in [6.07, 6.45) is 5.45. The molecule has 1 aliphatic carbocycles. The summed E-state index contributed by atoms with van der Waals surface area (Å²) < 4.78 is 38.4. The standard InChI is InChI=1S/C22H27N3O6S/c1-15-10-18-19(31-14-21(26)23-18)11-20(15)32(28,29)24(2)13-22(27)25(16-6-3-4-7-16)12-17-8-5-9-30-17/h5,8-11,16H,3-4,6-7,12-14H2,1-2H3,(H,23,26). The van der Waals surface area contributed by atoms with E-state index in [1.807, 2.05) is 6.07 Å². The van der Waals surface area contributed by atoms with Gasteiger partial charge in [0.1, 0.15) is 11.5 Å². The maximum atomic E-state index is 13.3. The zero-order valence-electron chi connectivity index (χ0n) is 18.2. The van der Waals surface area contributed by atoms with E-state index >= 15 is 0 Å². The van der Waals surface area contributed by atoms with Gasteiger partial charge in [0.15, 0.2) is 6.61 Å². The number of anilines is 1. The molecule has 0 atom stereocenters. The normalized spacial score (nSPS) is 16.5. The summed E-state index contributed by atoms with van der Waals surface area (Å²) in [5.74, 6) is 0.400. The fraction of sp³-hybridized carbons (Fsp3) is 0.455. The minimum atomic E-state index is -3.96. The second kappa shape index (κ2) is 8.95. The Labute approximate surface area is 187 Å². The van der Waals surface area contributed by atoms with E-state index in [2.05, 4.69) is 5.32 Å². The second-order valence-corrected chi connectivity index (χ2v) is 10.3. The molecule has 1 saturated carbocycles. The number of nitrogens with one attached hydrogen (secondary N) is 1. The highest BCUT2D eigenvalue weighted by atomic mass is 32.2. The van der Waals surface area contributed by atoms with Crippen LogP contribution in [0.4, 0.5) is 5.69 Å². The highest BCUT2D eigenvalue weighted by Gasteiger charge is 2.32. The highest BCUT2D eigenvalue weighted by molar-refractivity contribution is 7.89. The van der Waals surface area contributed by atoms with E-state index < -0.39 is 10.0 Å². The molecule has 4 rings (SSSR count). The molecule has 1 aromatic carbocycles. The molecule has 10 heteroatoms. The van der Waals surface area contributed by atoms with Gasteiger partial charge in [-0.2, -0.15) is 4.31 Å². The van der Waals surface area contributed by atoms with Crippen LogP contribution in [0.5, 0.6) is 5.75 Å². The van der Waals surface area contributed by atoms with Crippen LogP contribution in [0.25, 0.3) is 0 Å². The number of likely N-dealkylation sites (N-methyl/N-ethyl adjacent to an activating group) is 1. The van der Waals surface area contributed by atoms with Crippen molar-refractivity contribution < 1.29 is 27.2 Å². The summed E-state index contributed by atoms with van der Waals surface area (Å²) in [4.78, 5) is 26.5. The van der Waals surface area contributed by atoms with Gasteiger partial charge in [-0.25, -0.2) is 8.42 Å². The Morgan fingerprint density at radius 1 is 1.25 bits per heavy atom. The Hall–Kier alpha value is -2.85. The van der Waals surface area contributed by atoms with Gasteiger partial charge in [-0.3, -0.25) is 9.59 Å². The average molecular weight is 462 g/mol. The average Bonchev–Trinajstić information content (AvgIpc) is 3.45. The molecule has 0 saturated heterocycles. The molecule has 32 heavy (non-hydrogen) atoms. The van der Waals surface area contributed by atoms with E-state index in [0.717, 1.165) is 30.0 Å². The SMILES string of the molecule is Cc1cc2c(cc1S(=O)(=O)N(C)CC(=O)N(Cc1ccco1)C1CCCC1)OCC(=O)N2. The number of carbonyl (C=O) groups excluding carboxylic acids is 2. The van der Waals surface area contributed by atoms with Crippen molar-refractivity contribution in [1.82, 2.24) is 9.21 Å². The lowest BCUT2D eigenvalue weighted by Crippen LogP contribution is -2.44. The molecule has 1 aliphatic heterocycles. The Balaban J connectivity index is 1.54. The van der Waals surface area contributed by atoms with E-state index in [4.69, 9.17) is 9.15 Å². The van der Waals surface area contributed by atoms with Gasteiger partial charge in [-0.05, 0) is 43.5 Å². The number of sulfonamides is 1. The van der Waals surface area contributed by atoms with Gasteiger partial charge in [-0.15, -0.1) is 0 Å². The van der Waals surface area contributed by atoms with E-state index in [0.29, 0.717) is 29.3 Å². The van der Waals surface area contributed by atoms with Crippen molar-refractivity contribution in [3.63, 3.8) is 0 Å². The number of hydrogen-bond donors (Lipinski definition) is 1. The fourth-order valence-electron chi connectivity index (χ4n) is 4.24. The molecule has 0 spiro atoms. The van der Waals surface area contributed by atoms with Crippen molar-refractivity contribution in [3.8, 4) is 5.75 Å². The number of rotatable bonds is 7. The topological polar surface area (TPSA) is 109 Å². The Kier molecular flexibility index (Phi) is 6.25. The molecule has 0 radical (unpaired) electrons. The summed E-state index contributed by atoms with van der Waals surface area (Å²) in [7, 11) is -2.56. The third-order valence-corrected chi connectivity index (χ3v) is 7.89. The van der Waals surface area contributed by atoms with Crippen LogP contribution in [0.1, 0.15) is 37.0 Å². The van der Waals surface area contributed by atoms with E-state index in [1.165, 1.54) is 13.1 Å². The zero-order valence-corrected chi connectivity index (χ0v) is 19.0. The second-order valence-electron chi connectivity index (χ2n) is 8.25. The molecule has 1 aromatic heterocycles. The summed E-state index contributed by atoms with van der Waals surface area (Å²) in [6, 6.07) is 6.62. The number of nitrogens with zero attached hydrogens (tertiary/aromatic N) is 2. The van der Waals surface area contributed by atoms with Crippen molar-refractivity contribution in [1.29, 1.82) is 0 Å². The molecule has 2 aliphatic rings. The van der Waals surface area contributed by atoms with Crippen LogP contribution in [-0.4, -0.2) is 55.7 Å². The molecule has 1 fully saturated rings. The number of amides is 2. The number of benzene rings is 1. The van der Waals surface area contributed by atoms with Gasteiger partial charge >= 0.3 is 0 Å². The van der Waals surface area contributed by atoms with Crippen molar-refractivity contribution in [2.24, 2.45) is 0 Å². The van der Waals surface area contributed by atoms with Crippen LogP contribution in [-0.2, 0) is 26.2 Å². The maximum absolute atomic E-state index is 13.3. The molecule has 2 heterocycles. The summed E-state index contributed by atoms with van der Waals surface area (Å²) in [5, 5.41) is 2.67. The number of furan rings is 1. The summed E-state index contributed by atoms with van der Waals surface area (Å²) in [5.41, 5.74) is 0.888. The Bertz CT molecular complexity index is 1110. The first kappa shape index (κ1) is 22.3. The molecule has 2 amide bonds. The third kappa shape index (κ3) is 4.51. The van der Waals surface area contributed by atoms with Gasteiger partial charge in [-0.1, -0.05) is 12.8 Å². The van der Waals surface area contributed by atoms with Crippen LogP contribution in [0, 0.1) is 6.92 Å². The first-order chi connectivity index (χ1) is 15.3. The van der Waals surface area contributed by atoms with Gasteiger partial charge in [0.25, 0.3) is 5.91 Å². The van der Waals surface area contributed by atoms with Crippen molar-refractivity contribution in [2.45, 2.75) is 50.1 Å². The minimum Gasteiger partial charge on any atom is -0.482 e. The van der Waals surface area contributed by atoms with Crippen LogP contribution in [0.2, 0.25) is 0 Å². The molecule has 0 bridgehead atoms. The van der Waals surface area contributed by atoms with Gasteiger partial charge in [0, 0.05) is 19.2 Å². The predicted octanol–water partition coefficient (Wildman–Crippen LogP) is 2.51.